The van der Waals surface area contributed by atoms with Crippen LogP contribution in [-0.2, 0) is 0 Å². The monoisotopic (exact) mass is 238 g/mol. The minimum Gasteiger partial charge on any atom is -0.387 e. The van der Waals surface area contributed by atoms with Crippen molar-refractivity contribution in [3.63, 3.8) is 0 Å². The summed E-state index contributed by atoms with van der Waals surface area (Å²) in [5, 5.41) is 0. The zero-order valence-electron chi connectivity index (χ0n) is 9.63. The van der Waals surface area contributed by atoms with Gasteiger partial charge < -0.3 is 5.73 Å². The summed E-state index contributed by atoms with van der Waals surface area (Å²) >= 11 is 0. The van der Waals surface area contributed by atoms with Crippen molar-refractivity contribution in [1.82, 2.24) is 0 Å². The van der Waals surface area contributed by atoms with Crippen LogP contribution in [0, 0.1) is 17.6 Å². The Morgan fingerprint density at radius 3 is 2.53 bits per heavy atom. The molecule has 0 radical (unpaired) electrons. The molecule has 2 N–H and O–H groups in total. The number of rotatable bonds is 2. The van der Waals surface area contributed by atoms with Crippen molar-refractivity contribution in [3.8, 4) is 0 Å². The molecule has 0 heterocycles. The fraction of sp³-hybridized carbons (Fsp3) is 0.462. The first-order chi connectivity index (χ1) is 8.16. The first-order valence-corrected chi connectivity index (χ1v) is 5.96. The maximum Gasteiger partial charge on any atom is 0.151 e. The largest absolute Gasteiger partial charge is 0.387 e. The Balaban J connectivity index is 2.16. The van der Waals surface area contributed by atoms with Crippen molar-refractivity contribution in [2.24, 2.45) is 16.6 Å². The first kappa shape index (κ1) is 12.0. The number of aliphatic imine (C=N–C) groups is 1. The van der Waals surface area contributed by atoms with Gasteiger partial charge in [0.1, 0.15) is 17.3 Å². The molecule has 0 aliphatic heterocycles. The van der Waals surface area contributed by atoms with E-state index in [1.807, 2.05) is 0 Å². The smallest absolute Gasteiger partial charge is 0.151 e. The molecule has 2 nitrogen and oxygen atoms in total. The van der Waals surface area contributed by atoms with Gasteiger partial charge >= 0.3 is 0 Å². The lowest BCUT2D eigenvalue weighted by molar-refractivity contribution is 0.437. The summed E-state index contributed by atoms with van der Waals surface area (Å²) in [6.07, 6.45) is 5.55. The molecule has 0 saturated heterocycles. The molecule has 0 atom stereocenters. The van der Waals surface area contributed by atoms with E-state index in [1.165, 1.54) is 18.6 Å². The van der Waals surface area contributed by atoms with E-state index in [0.717, 1.165) is 31.7 Å². The van der Waals surface area contributed by atoms with Gasteiger partial charge in [-0.3, -0.25) is 0 Å². The number of hydrogen-bond acceptors (Lipinski definition) is 1. The topological polar surface area (TPSA) is 38.4 Å². The minimum atomic E-state index is -0.663. The van der Waals surface area contributed by atoms with Gasteiger partial charge in [-0.15, -0.1) is 0 Å². The van der Waals surface area contributed by atoms with Gasteiger partial charge in [-0.05, 0) is 25.0 Å². The van der Waals surface area contributed by atoms with Gasteiger partial charge in [0.2, 0.25) is 0 Å². The molecule has 1 fully saturated rings. The molecule has 1 aromatic carbocycles. The fourth-order valence-corrected chi connectivity index (χ4v) is 2.20. The fourth-order valence-electron chi connectivity index (χ4n) is 2.20. The average molecular weight is 238 g/mol. The summed E-state index contributed by atoms with van der Waals surface area (Å²) in [5.74, 6) is -0.551. The van der Waals surface area contributed by atoms with Crippen LogP contribution in [0.15, 0.2) is 23.2 Å². The molecular weight excluding hydrogens is 222 g/mol. The number of nitrogens with two attached hydrogens (primary N) is 1. The molecule has 1 aromatic rings. The lowest BCUT2D eigenvalue weighted by Crippen LogP contribution is -2.25. The Bertz CT molecular complexity index is 423. The van der Waals surface area contributed by atoms with Crippen LogP contribution in [0.2, 0.25) is 0 Å². The lowest BCUT2D eigenvalue weighted by Gasteiger charge is -2.20. The SMILES string of the molecule is NC(=Nc1ccc(F)cc1F)C1CCCCC1. The molecule has 4 heteroatoms. The van der Waals surface area contributed by atoms with Crippen LogP contribution in [0.5, 0.6) is 0 Å². The summed E-state index contributed by atoms with van der Waals surface area (Å²) in [4.78, 5) is 4.08. The number of amidine groups is 1. The number of hydrogen-bond donors (Lipinski definition) is 1. The quantitative estimate of drug-likeness (QED) is 0.621. The van der Waals surface area contributed by atoms with Gasteiger partial charge in [-0.25, -0.2) is 13.8 Å². The van der Waals surface area contributed by atoms with Crippen molar-refractivity contribution in [2.45, 2.75) is 32.1 Å². The van der Waals surface area contributed by atoms with E-state index in [2.05, 4.69) is 4.99 Å². The summed E-state index contributed by atoms with van der Waals surface area (Å²) < 4.78 is 26.1. The maximum absolute atomic E-state index is 13.4. The van der Waals surface area contributed by atoms with Crippen LogP contribution < -0.4 is 5.73 Å². The summed E-state index contributed by atoms with van der Waals surface area (Å²) in [5.41, 5.74) is 6.00. The van der Waals surface area contributed by atoms with Crippen molar-refractivity contribution < 1.29 is 8.78 Å². The molecule has 2 rings (SSSR count). The van der Waals surface area contributed by atoms with E-state index in [4.69, 9.17) is 5.73 Å². The molecule has 1 aliphatic carbocycles. The molecule has 92 valence electrons. The van der Waals surface area contributed by atoms with E-state index in [9.17, 15) is 8.78 Å². The molecule has 0 amide bonds. The highest BCUT2D eigenvalue weighted by atomic mass is 19.1. The van der Waals surface area contributed by atoms with Crippen LogP contribution in [0.4, 0.5) is 14.5 Å². The second-order valence-corrected chi connectivity index (χ2v) is 4.47. The van der Waals surface area contributed by atoms with Gasteiger partial charge in [0.25, 0.3) is 0 Å². The zero-order valence-corrected chi connectivity index (χ0v) is 9.63. The second kappa shape index (κ2) is 5.25. The highest BCUT2D eigenvalue weighted by Gasteiger charge is 2.17. The van der Waals surface area contributed by atoms with E-state index >= 15 is 0 Å². The standard InChI is InChI=1S/C13H16F2N2/c14-10-6-7-12(11(15)8-10)17-13(16)9-4-2-1-3-5-9/h6-9H,1-5H2,(H2,16,17). The highest BCUT2D eigenvalue weighted by Crippen LogP contribution is 2.26. The van der Waals surface area contributed by atoms with Crippen molar-refractivity contribution in [1.29, 1.82) is 0 Å². The third kappa shape index (κ3) is 3.02. The Kier molecular flexibility index (Phi) is 3.71. The summed E-state index contributed by atoms with van der Waals surface area (Å²) in [7, 11) is 0. The predicted molar refractivity (Wildman–Crippen MR) is 64.2 cm³/mol. The molecule has 1 saturated carbocycles. The first-order valence-electron chi connectivity index (χ1n) is 5.96. The molecule has 0 unspecified atom stereocenters. The molecule has 0 spiro atoms. The Labute approximate surface area is 99.5 Å². The van der Waals surface area contributed by atoms with E-state index in [-0.39, 0.29) is 11.6 Å². The third-order valence-electron chi connectivity index (χ3n) is 3.18. The Hall–Kier alpha value is -1.45. The van der Waals surface area contributed by atoms with Crippen LogP contribution in [0.3, 0.4) is 0 Å². The molecule has 17 heavy (non-hydrogen) atoms. The van der Waals surface area contributed by atoms with Crippen LogP contribution >= 0.6 is 0 Å². The van der Waals surface area contributed by atoms with E-state index < -0.39 is 11.6 Å². The minimum absolute atomic E-state index is 0.120. The second-order valence-electron chi connectivity index (χ2n) is 4.47. The van der Waals surface area contributed by atoms with E-state index in [0.29, 0.717) is 5.84 Å². The van der Waals surface area contributed by atoms with Crippen molar-refractivity contribution in [2.75, 3.05) is 0 Å². The van der Waals surface area contributed by atoms with Crippen molar-refractivity contribution >= 4 is 11.5 Å². The van der Waals surface area contributed by atoms with Gasteiger partial charge in [0.15, 0.2) is 5.82 Å². The van der Waals surface area contributed by atoms with E-state index in [1.54, 1.807) is 0 Å². The normalized spacial score (nSPS) is 18.4. The Morgan fingerprint density at radius 2 is 1.88 bits per heavy atom. The summed E-state index contributed by atoms with van der Waals surface area (Å²) in [6.45, 7) is 0. The van der Waals surface area contributed by atoms with Crippen LogP contribution in [0.25, 0.3) is 0 Å². The highest BCUT2D eigenvalue weighted by molar-refractivity contribution is 5.85. The molecular formula is C13H16F2N2. The van der Waals surface area contributed by atoms with Gasteiger partial charge in [-0.2, -0.15) is 0 Å². The van der Waals surface area contributed by atoms with Crippen molar-refractivity contribution in [3.05, 3.63) is 29.8 Å². The zero-order chi connectivity index (χ0) is 12.3. The predicted octanol–water partition coefficient (Wildman–Crippen LogP) is 3.53. The lowest BCUT2D eigenvalue weighted by atomic mass is 9.88. The van der Waals surface area contributed by atoms with Gasteiger partial charge in [0, 0.05) is 12.0 Å². The maximum atomic E-state index is 13.4. The molecule has 0 aromatic heterocycles. The summed E-state index contributed by atoms with van der Waals surface area (Å²) in [6, 6.07) is 3.34. The van der Waals surface area contributed by atoms with Crippen LogP contribution in [-0.4, -0.2) is 5.84 Å². The molecule has 0 bridgehead atoms. The Morgan fingerprint density at radius 1 is 1.18 bits per heavy atom. The average Bonchev–Trinajstić information content (AvgIpc) is 2.34. The molecule has 1 aliphatic rings. The third-order valence-corrected chi connectivity index (χ3v) is 3.18. The number of benzene rings is 1. The van der Waals surface area contributed by atoms with Crippen LogP contribution in [0.1, 0.15) is 32.1 Å². The van der Waals surface area contributed by atoms with Gasteiger partial charge in [0.05, 0.1) is 0 Å². The van der Waals surface area contributed by atoms with Gasteiger partial charge in [-0.1, -0.05) is 19.3 Å². The number of halogens is 2. The number of nitrogens with zero attached hydrogens (tertiary/aromatic N) is 1.